The minimum absolute atomic E-state index is 0.0919. The molecule has 0 spiro atoms. The van der Waals surface area contributed by atoms with Crippen molar-refractivity contribution in [1.29, 1.82) is 0 Å². The summed E-state index contributed by atoms with van der Waals surface area (Å²) < 4.78 is 0. The Hall–Kier alpha value is -3.58. The fourth-order valence-electron chi connectivity index (χ4n) is 5.06. The van der Waals surface area contributed by atoms with Gasteiger partial charge in [-0.05, 0) is 62.0 Å². The number of H-pyrrole nitrogens is 2. The highest BCUT2D eigenvalue weighted by Gasteiger charge is 2.09. The Labute approximate surface area is 231 Å². The number of fused-ring (bicyclic) bond motifs is 2. The van der Waals surface area contributed by atoms with E-state index in [-0.39, 0.29) is 11.8 Å². The Kier molecular flexibility index (Phi) is 11.5. The van der Waals surface area contributed by atoms with Crippen molar-refractivity contribution in [2.45, 2.75) is 64.2 Å². The van der Waals surface area contributed by atoms with Crippen LogP contribution in [0, 0.1) is 0 Å². The van der Waals surface area contributed by atoms with Crippen molar-refractivity contribution in [2.75, 3.05) is 26.2 Å². The summed E-state index contributed by atoms with van der Waals surface area (Å²) in [5, 5.41) is 11.9. The average Bonchev–Trinajstić information content (AvgIpc) is 3.55. The van der Waals surface area contributed by atoms with Crippen LogP contribution in [0.15, 0.2) is 60.9 Å². The number of para-hydroxylation sites is 2. The zero-order chi connectivity index (χ0) is 27.1. The molecule has 0 aliphatic heterocycles. The molecule has 7 heteroatoms. The van der Waals surface area contributed by atoms with Gasteiger partial charge in [-0.1, -0.05) is 62.1 Å². The van der Waals surface area contributed by atoms with Crippen LogP contribution in [0.3, 0.4) is 0 Å². The highest BCUT2D eigenvalue weighted by Crippen LogP contribution is 2.19. The number of rotatable bonds is 18. The normalized spacial score (nSPS) is 11.3. The van der Waals surface area contributed by atoms with Crippen LogP contribution < -0.4 is 16.0 Å². The zero-order valence-corrected chi connectivity index (χ0v) is 23.0. The third-order valence-electron chi connectivity index (χ3n) is 7.26. The number of benzene rings is 2. The van der Waals surface area contributed by atoms with Gasteiger partial charge in [-0.25, -0.2) is 0 Å². The van der Waals surface area contributed by atoms with Gasteiger partial charge in [0.2, 0.25) is 11.8 Å². The van der Waals surface area contributed by atoms with Crippen molar-refractivity contribution in [3.8, 4) is 0 Å². The summed E-state index contributed by atoms with van der Waals surface area (Å²) in [7, 11) is 0. The third kappa shape index (κ3) is 9.29. The largest absolute Gasteiger partial charge is 0.361 e. The van der Waals surface area contributed by atoms with E-state index in [0.717, 1.165) is 84.8 Å². The number of amides is 2. The molecule has 2 heterocycles. The molecular weight excluding hydrogens is 486 g/mol. The third-order valence-corrected chi connectivity index (χ3v) is 7.26. The second kappa shape index (κ2) is 15.7. The molecule has 7 nitrogen and oxygen atoms in total. The van der Waals surface area contributed by atoms with Gasteiger partial charge in [0, 0.05) is 47.3 Å². The summed E-state index contributed by atoms with van der Waals surface area (Å²) in [5.41, 5.74) is 4.26. The van der Waals surface area contributed by atoms with Gasteiger partial charge in [-0.15, -0.1) is 0 Å². The Morgan fingerprint density at radius 2 is 0.949 bits per heavy atom. The van der Waals surface area contributed by atoms with Crippen LogP contribution in [-0.2, 0) is 22.4 Å². The summed E-state index contributed by atoms with van der Waals surface area (Å²) in [4.78, 5) is 30.9. The average molecular weight is 530 g/mol. The first-order valence-corrected chi connectivity index (χ1v) is 14.5. The summed E-state index contributed by atoms with van der Waals surface area (Å²) in [5.74, 6) is 0.184. The van der Waals surface area contributed by atoms with E-state index in [0.29, 0.717) is 12.8 Å². The molecule has 0 bridgehead atoms. The van der Waals surface area contributed by atoms with E-state index >= 15 is 0 Å². The van der Waals surface area contributed by atoms with Crippen LogP contribution in [0.2, 0.25) is 0 Å². The molecule has 4 rings (SSSR count). The number of carbonyl (C=O) groups excluding carboxylic acids is 2. The maximum Gasteiger partial charge on any atom is 0.224 e. The number of aromatic amines is 2. The van der Waals surface area contributed by atoms with Gasteiger partial charge in [-0.3, -0.25) is 9.59 Å². The van der Waals surface area contributed by atoms with Crippen LogP contribution in [-0.4, -0.2) is 48.0 Å². The van der Waals surface area contributed by atoms with Gasteiger partial charge in [0.15, 0.2) is 0 Å². The lowest BCUT2D eigenvalue weighted by Gasteiger charge is -2.07. The predicted molar refractivity (Wildman–Crippen MR) is 160 cm³/mol. The molecule has 2 amide bonds. The van der Waals surface area contributed by atoms with Crippen LogP contribution in [0.25, 0.3) is 21.8 Å². The second-order valence-electron chi connectivity index (χ2n) is 10.4. The van der Waals surface area contributed by atoms with Crippen LogP contribution in [0.4, 0.5) is 0 Å². The standard InChI is InChI=1S/C32H43N5O2/c38-31(21-25-23-36-29-15-7-5-13-27(25)29)34-19-11-3-1-9-17-33-18-10-2-4-12-20-35-32(39)22-26-24-37-30-16-8-6-14-28(26)30/h5-8,13-16,23-24,33,36-37H,1-4,9-12,17-22H2,(H,34,38)(H,35,39). The predicted octanol–water partition coefficient (Wildman–Crippen LogP) is 5.38. The van der Waals surface area contributed by atoms with E-state index < -0.39 is 0 Å². The minimum atomic E-state index is 0.0919. The summed E-state index contributed by atoms with van der Waals surface area (Å²) in [6, 6.07) is 16.2. The molecule has 0 radical (unpaired) electrons. The lowest BCUT2D eigenvalue weighted by atomic mass is 10.1. The van der Waals surface area contributed by atoms with Gasteiger partial charge in [-0.2, -0.15) is 0 Å². The molecule has 0 aliphatic rings. The molecule has 2 aromatic carbocycles. The van der Waals surface area contributed by atoms with Gasteiger partial charge in [0.1, 0.15) is 0 Å². The molecule has 2 aromatic heterocycles. The molecule has 0 aliphatic carbocycles. The highest BCUT2D eigenvalue weighted by atomic mass is 16.2. The molecule has 0 atom stereocenters. The number of carbonyl (C=O) groups is 2. The number of hydrogen-bond donors (Lipinski definition) is 5. The fraction of sp³-hybridized carbons (Fsp3) is 0.438. The van der Waals surface area contributed by atoms with E-state index in [1.165, 1.54) is 25.7 Å². The van der Waals surface area contributed by atoms with E-state index in [9.17, 15) is 9.59 Å². The Morgan fingerprint density at radius 3 is 1.41 bits per heavy atom. The molecular formula is C32H43N5O2. The fourth-order valence-corrected chi connectivity index (χ4v) is 5.06. The first-order chi connectivity index (χ1) is 19.2. The first kappa shape index (κ1) is 28.4. The Bertz CT molecular complexity index is 1210. The molecule has 0 saturated heterocycles. The van der Waals surface area contributed by atoms with Gasteiger partial charge >= 0.3 is 0 Å². The number of nitrogens with one attached hydrogen (secondary N) is 5. The lowest BCUT2D eigenvalue weighted by molar-refractivity contribution is -0.121. The topological polar surface area (TPSA) is 102 Å². The summed E-state index contributed by atoms with van der Waals surface area (Å²) in [6.07, 6.45) is 13.8. The number of hydrogen-bond acceptors (Lipinski definition) is 3. The van der Waals surface area contributed by atoms with Gasteiger partial charge < -0.3 is 25.9 Å². The monoisotopic (exact) mass is 529 g/mol. The molecule has 208 valence electrons. The molecule has 39 heavy (non-hydrogen) atoms. The van der Waals surface area contributed by atoms with E-state index in [4.69, 9.17) is 0 Å². The first-order valence-electron chi connectivity index (χ1n) is 14.5. The van der Waals surface area contributed by atoms with Crippen molar-refractivity contribution in [3.05, 3.63) is 72.1 Å². The molecule has 5 N–H and O–H groups in total. The zero-order valence-electron chi connectivity index (χ0n) is 23.0. The van der Waals surface area contributed by atoms with E-state index in [2.05, 4.69) is 38.1 Å². The molecule has 0 saturated carbocycles. The molecule has 0 unspecified atom stereocenters. The quantitative estimate of drug-likeness (QED) is 0.112. The Morgan fingerprint density at radius 1 is 0.538 bits per heavy atom. The SMILES string of the molecule is O=C(Cc1c[nH]c2ccccc12)NCCCCCCNCCCCCCNC(=O)Cc1c[nH]c2ccccc12. The van der Waals surface area contributed by atoms with E-state index in [1.54, 1.807) is 0 Å². The van der Waals surface area contributed by atoms with Crippen molar-refractivity contribution >= 4 is 33.6 Å². The lowest BCUT2D eigenvalue weighted by Crippen LogP contribution is -2.26. The molecule has 0 fully saturated rings. The van der Waals surface area contributed by atoms with E-state index in [1.807, 2.05) is 48.8 Å². The van der Waals surface area contributed by atoms with Gasteiger partial charge in [0.25, 0.3) is 0 Å². The maximum atomic E-state index is 12.2. The Balaban J connectivity index is 0.906. The maximum absolute atomic E-state index is 12.2. The number of aromatic nitrogens is 2. The van der Waals surface area contributed by atoms with Crippen LogP contribution in [0.5, 0.6) is 0 Å². The van der Waals surface area contributed by atoms with Gasteiger partial charge in [0.05, 0.1) is 12.8 Å². The van der Waals surface area contributed by atoms with Crippen molar-refractivity contribution in [1.82, 2.24) is 25.9 Å². The highest BCUT2D eigenvalue weighted by molar-refractivity contribution is 5.89. The summed E-state index contributed by atoms with van der Waals surface area (Å²) in [6.45, 7) is 3.60. The van der Waals surface area contributed by atoms with Crippen LogP contribution >= 0.6 is 0 Å². The molecule has 4 aromatic rings. The summed E-state index contributed by atoms with van der Waals surface area (Å²) >= 11 is 0. The second-order valence-corrected chi connectivity index (χ2v) is 10.4. The van der Waals surface area contributed by atoms with Crippen LogP contribution in [0.1, 0.15) is 62.5 Å². The van der Waals surface area contributed by atoms with Crippen molar-refractivity contribution in [3.63, 3.8) is 0 Å². The minimum Gasteiger partial charge on any atom is -0.361 e. The van der Waals surface area contributed by atoms with Crippen molar-refractivity contribution in [2.24, 2.45) is 0 Å². The number of unbranched alkanes of at least 4 members (excludes halogenated alkanes) is 6. The smallest absolute Gasteiger partial charge is 0.224 e. The van der Waals surface area contributed by atoms with Crippen molar-refractivity contribution < 1.29 is 9.59 Å².